The predicted molar refractivity (Wildman–Crippen MR) is 77.2 cm³/mol. The van der Waals surface area contributed by atoms with Gasteiger partial charge in [-0.25, -0.2) is 0 Å². The van der Waals surface area contributed by atoms with Gasteiger partial charge in [-0.1, -0.05) is 25.8 Å². The molecule has 1 saturated carbocycles. The Morgan fingerprint density at radius 1 is 1.11 bits per heavy atom. The third kappa shape index (κ3) is 2.98. The molecule has 18 heavy (non-hydrogen) atoms. The number of hydrogen-bond acceptors (Lipinski definition) is 2. The largest absolute Gasteiger partial charge is 0.507 e. The predicted octanol–water partition coefficient (Wildman–Crippen LogP) is 4.39. The van der Waals surface area contributed by atoms with Crippen molar-refractivity contribution in [3.05, 3.63) is 23.3 Å². The Hall–Kier alpha value is -1.18. The second kappa shape index (κ2) is 5.64. The van der Waals surface area contributed by atoms with Gasteiger partial charge in [0.1, 0.15) is 5.75 Å². The van der Waals surface area contributed by atoms with Gasteiger partial charge in [0.25, 0.3) is 0 Å². The molecule has 0 heterocycles. The van der Waals surface area contributed by atoms with Crippen LogP contribution in [0.4, 0.5) is 5.69 Å². The van der Waals surface area contributed by atoms with E-state index in [9.17, 15) is 5.11 Å². The van der Waals surface area contributed by atoms with E-state index >= 15 is 0 Å². The number of aromatic hydroxyl groups is 1. The molecule has 1 aromatic rings. The molecule has 2 rings (SSSR count). The Balaban J connectivity index is 2.07. The van der Waals surface area contributed by atoms with E-state index < -0.39 is 0 Å². The van der Waals surface area contributed by atoms with Crippen LogP contribution in [0.25, 0.3) is 0 Å². The smallest absolute Gasteiger partial charge is 0.123 e. The van der Waals surface area contributed by atoms with Gasteiger partial charge in [-0.2, -0.15) is 0 Å². The third-order valence-corrected chi connectivity index (χ3v) is 4.25. The fourth-order valence-corrected chi connectivity index (χ4v) is 2.84. The average molecular weight is 247 g/mol. The molecule has 0 spiro atoms. The lowest BCUT2D eigenvalue weighted by Gasteiger charge is -2.20. The van der Waals surface area contributed by atoms with Crippen LogP contribution in [0.3, 0.4) is 0 Å². The molecule has 100 valence electrons. The van der Waals surface area contributed by atoms with Gasteiger partial charge in [0.15, 0.2) is 0 Å². The molecule has 1 aliphatic carbocycles. The van der Waals surface area contributed by atoms with E-state index in [1.165, 1.54) is 32.1 Å². The van der Waals surface area contributed by atoms with E-state index in [1.54, 1.807) is 0 Å². The van der Waals surface area contributed by atoms with Gasteiger partial charge >= 0.3 is 0 Å². The van der Waals surface area contributed by atoms with Gasteiger partial charge in [0.05, 0.1) is 0 Å². The maximum absolute atomic E-state index is 9.97. The van der Waals surface area contributed by atoms with Crippen LogP contribution in [0, 0.1) is 19.8 Å². The van der Waals surface area contributed by atoms with Gasteiger partial charge in [0, 0.05) is 17.3 Å². The molecule has 0 amide bonds. The number of nitrogens with one attached hydrogen (secondary N) is 1. The quantitative estimate of drug-likeness (QED) is 0.760. The van der Waals surface area contributed by atoms with Crippen molar-refractivity contribution in [3.63, 3.8) is 0 Å². The van der Waals surface area contributed by atoms with Crippen molar-refractivity contribution in [3.8, 4) is 5.75 Å². The SMILES string of the molecule is Cc1ccc(NC2CCCC(C)CC2)c(C)c1O. The van der Waals surface area contributed by atoms with E-state index in [0.29, 0.717) is 11.8 Å². The van der Waals surface area contributed by atoms with E-state index in [0.717, 1.165) is 22.7 Å². The molecule has 0 aromatic heterocycles. The summed E-state index contributed by atoms with van der Waals surface area (Å²) in [5.74, 6) is 1.30. The summed E-state index contributed by atoms with van der Waals surface area (Å²) in [6, 6.07) is 4.65. The molecule has 2 heteroatoms. The van der Waals surface area contributed by atoms with E-state index in [2.05, 4.69) is 18.3 Å². The molecule has 0 saturated heterocycles. The van der Waals surface area contributed by atoms with Crippen LogP contribution >= 0.6 is 0 Å². The zero-order valence-corrected chi connectivity index (χ0v) is 11.8. The van der Waals surface area contributed by atoms with Gasteiger partial charge < -0.3 is 10.4 Å². The first-order valence-corrected chi connectivity index (χ1v) is 7.13. The van der Waals surface area contributed by atoms with Crippen LogP contribution in [0.1, 0.15) is 50.2 Å². The normalized spacial score (nSPS) is 24.6. The summed E-state index contributed by atoms with van der Waals surface area (Å²) in [5, 5.41) is 13.6. The molecular formula is C16H25NO. The first-order valence-electron chi connectivity index (χ1n) is 7.13. The first-order chi connectivity index (χ1) is 8.58. The van der Waals surface area contributed by atoms with Gasteiger partial charge in [-0.3, -0.25) is 0 Å². The number of anilines is 1. The Kier molecular flexibility index (Phi) is 4.15. The zero-order chi connectivity index (χ0) is 13.1. The molecular weight excluding hydrogens is 222 g/mol. The van der Waals surface area contributed by atoms with Crippen LogP contribution in [-0.2, 0) is 0 Å². The number of phenols is 1. The summed E-state index contributed by atoms with van der Waals surface area (Å²) in [6.07, 6.45) is 6.48. The number of hydrogen-bond donors (Lipinski definition) is 2. The minimum Gasteiger partial charge on any atom is -0.507 e. The Labute approximate surface area is 110 Å². The lowest BCUT2D eigenvalue weighted by molar-refractivity contribution is 0.467. The third-order valence-electron chi connectivity index (χ3n) is 4.25. The molecule has 1 fully saturated rings. The van der Waals surface area contributed by atoms with Crippen molar-refractivity contribution in [1.29, 1.82) is 0 Å². The lowest BCUT2D eigenvalue weighted by atomic mass is 10.0. The number of benzene rings is 1. The highest BCUT2D eigenvalue weighted by Crippen LogP contribution is 2.31. The molecule has 0 bridgehead atoms. The van der Waals surface area contributed by atoms with Crippen molar-refractivity contribution in [2.24, 2.45) is 5.92 Å². The summed E-state index contributed by atoms with van der Waals surface area (Å²) < 4.78 is 0. The number of aryl methyl sites for hydroxylation is 1. The summed E-state index contributed by atoms with van der Waals surface area (Å²) in [6.45, 7) is 6.29. The highest BCUT2D eigenvalue weighted by atomic mass is 16.3. The number of rotatable bonds is 2. The highest BCUT2D eigenvalue weighted by molar-refractivity contribution is 5.59. The van der Waals surface area contributed by atoms with Gasteiger partial charge in [-0.15, -0.1) is 0 Å². The molecule has 1 aliphatic rings. The molecule has 2 atom stereocenters. The summed E-state index contributed by atoms with van der Waals surface area (Å²) in [7, 11) is 0. The second-order valence-corrected chi connectivity index (χ2v) is 5.86. The van der Waals surface area contributed by atoms with Crippen LogP contribution in [-0.4, -0.2) is 11.1 Å². The summed E-state index contributed by atoms with van der Waals surface area (Å²) in [4.78, 5) is 0. The van der Waals surface area contributed by atoms with Crippen LogP contribution in [0.2, 0.25) is 0 Å². The van der Waals surface area contributed by atoms with Crippen LogP contribution in [0.5, 0.6) is 5.75 Å². The Morgan fingerprint density at radius 3 is 2.67 bits per heavy atom. The van der Waals surface area contributed by atoms with Gasteiger partial charge in [-0.05, 0) is 50.7 Å². The van der Waals surface area contributed by atoms with Crippen molar-refractivity contribution >= 4 is 5.69 Å². The second-order valence-electron chi connectivity index (χ2n) is 5.86. The molecule has 2 unspecified atom stereocenters. The van der Waals surface area contributed by atoms with Crippen LogP contribution in [0.15, 0.2) is 12.1 Å². The van der Waals surface area contributed by atoms with Crippen molar-refractivity contribution in [2.45, 2.75) is 58.9 Å². The summed E-state index contributed by atoms with van der Waals surface area (Å²) in [5.41, 5.74) is 3.03. The van der Waals surface area contributed by atoms with Gasteiger partial charge in [0.2, 0.25) is 0 Å². The van der Waals surface area contributed by atoms with Crippen LogP contribution < -0.4 is 5.32 Å². The summed E-state index contributed by atoms with van der Waals surface area (Å²) >= 11 is 0. The highest BCUT2D eigenvalue weighted by Gasteiger charge is 2.17. The minimum atomic E-state index is 0.432. The monoisotopic (exact) mass is 247 g/mol. The maximum Gasteiger partial charge on any atom is 0.123 e. The van der Waals surface area contributed by atoms with Crippen molar-refractivity contribution in [1.82, 2.24) is 0 Å². The van der Waals surface area contributed by atoms with E-state index in [4.69, 9.17) is 0 Å². The Morgan fingerprint density at radius 2 is 1.89 bits per heavy atom. The van der Waals surface area contributed by atoms with Crippen molar-refractivity contribution < 1.29 is 5.11 Å². The molecule has 1 aromatic carbocycles. The minimum absolute atomic E-state index is 0.432. The van der Waals surface area contributed by atoms with Crippen molar-refractivity contribution in [2.75, 3.05) is 5.32 Å². The number of phenolic OH excluding ortho intramolecular Hbond substituents is 1. The Bertz CT molecular complexity index is 414. The first kappa shape index (κ1) is 13.3. The standard InChI is InChI=1S/C16H25NO/c1-11-5-4-6-14(9-7-11)17-15-10-8-12(2)16(18)13(15)3/h8,10-11,14,17-18H,4-7,9H2,1-3H3. The molecule has 0 radical (unpaired) electrons. The topological polar surface area (TPSA) is 32.3 Å². The molecule has 2 N–H and O–H groups in total. The fraction of sp³-hybridized carbons (Fsp3) is 0.625. The fourth-order valence-electron chi connectivity index (χ4n) is 2.84. The maximum atomic E-state index is 9.97. The average Bonchev–Trinajstić information content (AvgIpc) is 2.55. The zero-order valence-electron chi connectivity index (χ0n) is 11.8. The molecule has 2 nitrogen and oxygen atoms in total. The van der Waals surface area contributed by atoms with E-state index in [-0.39, 0.29) is 0 Å². The molecule has 0 aliphatic heterocycles. The van der Waals surface area contributed by atoms with E-state index in [1.807, 2.05) is 19.9 Å². The lowest BCUT2D eigenvalue weighted by Crippen LogP contribution is -2.19.